The Kier molecular flexibility index (Phi) is 8.35. The molecule has 0 radical (unpaired) electrons. The Bertz CT molecular complexity index is 1600. The van der Waals surface area contributed by atoms with Crippen molar-refractivity contribution in [3.63, 3.8) is 0 Å². The summed E-state index contributed by atoms with van der Waals surface area (Å²) in [6.45, 7) is 1.73. The van der Waals surface area contributed by atoms with Crippen molar-refractivity contribution in [1.29, 1.82) is 0 Å². The summed E-state index contributed by atoms with van der Waals surface area (Å²) in [5.74, 6) is -0.113. The molecular weight excluding hydrogens is 574 g/mol. The van der Waals surface area contributed by atoms with Crippen molar-refractivity contribution in [1.82, 2.24) is 18.9 Å². The molecule has 5 rings (SSSR count). The third-order valence-corrected chi connectivity index (χ3v) is 10.3. The van der Waals surface area contributed by atoms with Gasteiger partial charge < -0.3 is 9.80 Å². The Morgan fingerprint density at radius 3 is 2.35 bits per heavy atom. The minimum Gasteiger partial charge on any atom is -0.371 e. The molecule has 13 heteroatoms. The number of nitrogens with one attached hydrogen (secondary N) is 1. The largest absolute Gasteiger partial charge is 0.371 e. The van der Waals surface area contributed by atoms with Crippen molar-refractivity contribution < 1.29 is 21.6 Å². The van der Waals surface area contributed by atoms with E-state index < -0.39 is 26.1 Å². The highest BCUT2D eigenvalue weighted by molar-refractivity contribution is 7.89. The van der Waals surface area contributed by atoms with Crippen LogP contribution in [0.3, 0.4) is 0 Å². The highest BCUT2D eigenvalue weighted by Crippen LogP contribution is 2.28. The minimum absolute atomic E-state index is 0.00882. The van der Waals surface area contributed by atoms with E-state index in [4.69, 9.17) is 11.6 Å². The maximum atomic E-state index is 13.6. The number of amides is 1. The third kappa shape index (κ3) is 6.58. The van der Waals surface area contributed by atoms with Crippen molar-refractivity contribution in [3.05, 3.63) is 65.9 Å². The summed E-state index contributed by atoms with van der Waals surface area (Å²) < 4.78 is 54.7. The Morgan fingerprint density at radius 1 is 0.975 bits per heavy atom. The van der Waals surface area contributed by atoms with Crippen LogP contribution >= 0.6 is 11.6 Å². The van der Waals surface area contributed by atoms with E-state index in [9.17, 15) is 21.6 Å². The summed E-state index contributed by atoms with van der Waals surface area (Å²) in [5, 5.41) is 2.07. The fraction of sp³-hybridized carbons (Fsp3) is 0.407. The topological polar surface area (TPSA) is 120 Å². The lowest BCUT2D eigenvalue weighted by Gasteiger charge is -2.43. The molecule has 2 aromatic carbocycles. The third-order valence-electron chi connectivity index (χ3n) is 7.58. The maximum absolute atomic E-state index is 13.6. The molecule has 3 aromatic rings. The van der Waals surface area contributed by atoms with Gasteiger partial charge in [-0.2, -0.15) is 4.31 Å². The number of piperidine rings is 1. The molecule has 10 nitrogen and oxygen atoms in total. The fourth-order valence-corrected chi connectivity index (χ4v) is 7.55. The summed E-state index contributed by atoms with van der Waals surface area (Å²) in [7, 11) is -7.56. The van der Waals surface area contributed by atoms with Gasteiger partial charge in [0.25, 0.3) is 0 Å². The van der Waals surface area contributed by atoms with E-state index in [-0.39, 0.29) is 36.4 Å². The molecule has 40 heavy (non-hydrogen) atoms. The molecule has 0 saturated carbocycles. The number of nitrogens with zero attached hydrogens (tertiary/aromatic N) is 4. The van der Waals surface area contributed by atoms with Gasteiger partial charge in [0.05, 0.1) is 23.7 Å². The first-order valence-corrected chi connectivity index (χ1v) is 16.8. The van der Waals surface area contributed by atoms with E-state index in [2.05, 4.69) is 14.6 Å². The van der Waals surface area contributed by atoms with Crippen molar-refractivity contribution in [3.8, 4) is 0 Å². The zero-order valence-corrected chi connectivity index (χ0v) is 24.5. The number of hydrogen-bond donors (Lipinski definition) is 1. The predicted molar refractivity (Wildman–Crippen MR) is 155 cm³/mol. The van der Waals surface area contributed by atoms with Crippen molar-refractivity contribution in [2.75, 3.05) is 50.4 Å². The SMILES string of the molecule is CS(=O)(=O)NCC1CN(S(=O)(=O)c2ccc3cc(Cl)ccc3c2)CC(=O)N1CC1CCN(c2ccncc2)CC1. The second kappa shape index (κ2) is 11.6. The Hall–Kier alpha value is -2.77. The van der Waals surface area contributed by atoms with Gasteiger partial charge in [-0.05, 0) is 65.9 Å². The van der Waals surface area contributed by atoms with E-state index in [1.54, 1.807) is 47.6 Å². The number of hydrogen-bond acceptors (Lipinski definition) is 7. The van der Waals surface area contributed by atoms with Crippen molar-refractivity contribution in [2.24, 2.45) is 5.92 Å². The lowest BCUT2D eigenvalue weighted by molar-refractivity contribution is -0.138. The smallest absolute Gasteiger partial charge is 0.243 e. The van der Waals surface area contributed by atoms with Gasteiger partial charge in [-0.15, -0.1) is 0 Å². The number of anilines is 1. The summed E-state index contributed by atoms with van der Waals surface area (Å²) in [5.41, 5.74) is 1.11. The molecule has 1 N–H and O–H groups in total. The van der Waals surface area contributed by atoms with Crippen LogP contribution < -0.4 is 9.62 Å². The molecule has 0 spiro atoms. The summed E-state index contributed by atoms with van der Waals surface area (Å²) in [4.78, 5) is 21.5. The molecule has 1 aromatic heterocycles. The van der Waals surface area contributed by atoms with E-state index in [0.29, 0.717) is 17.0 Å². The van der Waals surface area contributed by atoms with Gasteiger partial charge in [0.2, 0.25) is 26.0 Å². The quantitative estimate of drug-likeness (QED) is 0.419. The normalized spacial score (nSPS) is 19.9. The number of carbonyl (C=O) groups excluding carboxylic acids is 1. The van der Waals surface area contributed by atoms with Crippen LogP contribution in [-0.4, -0.2) is 88.5 Å². The first kappa shape index (κ1) is 28.7. The lowest BCUT2D eigenvalue weighted by atomic mass is 9.94. The van der Waals surface area contributed by atoms with Gasteiger partial charge in [0.15, 0.2) is 0 Å². The second-order valence-corrected chi connectivity index (χ2v) is 14.6. The maximum Gasteiger partial charge on any atom is 0.243 e. The molecule has 1 atom stereocenters. The molecule has 0 bridgehead atoms. The molecule has 214 valence electrons. The van der Waals surface area contributed by atoms with E-state index in [1.165, 1.54) is 6.07 Å². The Morgan fingerprint density at radius 2 is 1.65 bits per heavy atom. The molecule has 1 amide bonds. The monoisotopic (exact) mass is 605 g/mol. The first-order chi connectivity index (χ1) is 19.0. The lowest BCUT2D eigenvalue weighted by Crippen LogP contribution is -2.61. The average molecular weight is 606 g/mol. The Balaban J connectivity index is 1.32. The minimum atomic E-state index is -4.01. The van der Waals surface area contributed by atoms with E-state index in [1.807, 2.05) is 12.1 Å². The van der Waals surface area contributed by atoms with Gasteiger partial charge in [0, 0.05) is 55.8 Å². The number of piperazine rings is 1. The fourth-order valence-electron chi connectivity index (χ4n) is 5.41. The summed E-state index contributed by atoms with van der Waals surface area (Å²) in [6, 6.07) is 13.3. The highest BCUT2D eigenvalue weighted by atomic mass is 35.5. The molecule has 2 aliphatic heterocycles. The van der Waals surface area contributed by atoms with E-state index in [0.717, 1.165) is 47.6 Å². The van der Waals surface area contributed by atoms with Gasteiger partial charge >= 0.3 is 0 Å². The number of fused-ring (bicyclic) bond motifs is 1. The number of sulfonamides is 2. The molecule has 2 aliphatic rings. The first-order valence-electron chi connectivity index (χ1n) is 13.1. The van der Waals surface area contributed by atoms with Crippen LogP contribution in [0.4, 0.5) is 5.69 Å². The standard InChI is InChI=1S/C27H32ClN5O5S2/c1-39(35,36)30-16-25-18-32(40(37,38)26-5-3-21-14-23(28)4-2-22(21)15-26)19-27(34)33(25)17-20-8-12-31(13-9-20)24-6-10-29-11-7-24/h2-7,10-11,14-15,20,25,30H,8-9,12-13,16-19H2,1H3. The predicted octanol–water partition coefficient (Wildman–Crippen LogP) is 2.56. The van der Waals surface area contributed by atoms with Gasteiger partial charge in [-0.1, -0.05) is 23.7 Å². The van der Waals surface area contributed by atoms with Gasteiger partial charge in [-0.3, -0.25) is 9.78 Å². The van der Waals surface area contributed by atoms with Crippen LogP contribution in [0.1, 0.15) is 12.8 Å². The summed E-state index contributed by atoms with van der Waals surface area (Å²) >= 11 is 6.06. The highest BCUT2D eigenvalue weighted by Gasteiger charge is 2.40. The Labute approximate surface area is 240 Å². The molecule has 1 unspecified atom stereocenters. The number of benzene rings is 2. The molecule has 0 aliphatic carbocycles. The van der Waals surface area contributed by atoms with Crippen LogP contribution in [0.25, 0.3) is 10.8 Å². The zero-order chi connectivity index (χ0) is 28.5. The molecule has 3 heterocycles. The number of pyridine rings is 1. The number of aromatic nitrogens is 1. The van der Waals surface area contributed by atoms with Crippen LogP contribution in [0.15, 0.2) is 65.8 Å². The molecular formula is C27H32ClN5O5S2. The van der Waals surface area contributed by atoms with Crippen molar-refractivity contribution >= 4 is 54.0 Å². The van der Waals surface area contributed by atoms with Crippen LogP contribution in [0, 0.1) is 5.92 Å². The van der Waals surface area contributed by atoms with Crippen LogP contribution in [0.5, 0.6) is 0 Å². The number of halogens is 1. The number of carbonyl (C=O) groups is 1. The molecule has 2 saturated heterocycles. The van der Waals surface area contributed by atoms with Crippen molar-refractivity contribution in [2.45, 2.75) is 23.8 Å². The average Bonchev–Trinajstić information content (AvgIpc) is 2.93. The zero-order valence-electron chi connectivity index (χ0n) is 22.1. The summed E-state index contributed by atoms with van der Waals surface area (Å²) in [6.07, 6.45) is 6.30. The van der Waals surface area contributed by atoms with Gasteiger partial charge in [-0.25, -0.2) is 21.6 Å². The van der Waals surface area contributed by atoms with Crippen LogP contribution in [0.2, 0.25) is 5.02 Å². The van der Waals surface area contributed by atoms with Crippen LogP contribution in [-0.2, 0) is 24.8 Å². The molecule has 2 fully saturated rings. The number of rotatable bonds is 8. The second-order valence-electron chi connectivity index (χ2n) is 10.4. The van der Waals surface area contributed by atoms with Gasteiger partial charge in [0.1, 0.15) is 0 Å². The van der Waals surface area contributed by atoms with E-state index >= 15 is 0 Å².